The van der Waals surface area contributed by atoms with E-state index in [1.54, 1.807) is 0 Å². The van der Waals surface area contributed by atoms with Gasteiger partial charge in [-0.1, -0.05) is 6.92 Å². The Bertz CT molecular complexity index is 489. The van der Waals surface area contributed by atoms with Crippen molar-refractivity contribution in [1.82, 2.24) is 0 Å². The van der Waals surface area contributed by atoms with Crippen molar-refractivity contribution in [3.8, 4) is 0 Å². The summed E-state index contributed by atoms with van der Waals surface area (Å²) in [5, 5.41) is 0. The SMILES string of the molecule is CC(COC(C(F)(F)F)(C(F)(F)F)C(F)(F)F)COC(C(F)(F)F)(C(F)(F)F)C(F)(F)F. The third kappa shape index (κ3) is 5.24. The summed E-state index contributed by atoms with van der Waals surface area (Å²) < 4.78 is 233. The van der Waals surface area contributed by atoms with Crippen molar-refractivity contribution in [2.45, 2.75) is 55.2 Å². The zero-order valence-corrected chi connectivity index (χ0v) is 14.6. The molecule has 0 saturated carbocycles. The number of hydrogen-bond acceptors (Lipinski definition) is 2. The van der Waals surface area contributed by atoms with Gasteiger partial charge in [0.05, 0.1) is 13.2 Å². The molecule has 20 heteroatoms. The van der Waals surface area contributed by atoms with Gasteiger partial charge in [0, 0.05) is 5.92 Å². The molecule has 2 nitrogen and oxygen atoms in total. The predicted molar refractivity (Wildman–Crippen MR) is 62.9 cm³/mol. The molecule has 0 aromatic heterocycles. The number of halogens is 18. The lowest BCUT2D eigenvalue weighted by molar-refractivity contribution is -0.463. The second-order valence-corrected chi connectivity index (χ2v) is 6.08. The van der Waals surface area contributed by atoms with Gasteiger partial charge < -0.3 is 9.47 Å². The highest BCUT2D eigenvalue weighted by Gasteiger charge is 2.86. The fourth-order valence-corrected chi connectivity index (χ4v) is 2.04. The van der Waals surface area contributed by atoms with Crippen molar-refractivity contribution in [2.75, 3.05) is 13.2 Å². The summed E-state index contributed by atoms with van der Waals surface area (Å²) in [5.74, 6) is -2.70. The van der Waals surface area contributed by atoms with Crippen LogP contribution in [0.15, 0.2) is 0 Å². The molecule has 0 aromatic rings. The van der Waals surface area contributed by atoms with E-state index in [4.69, 9.17) is 0 Å². The Hall–Kier alpha value is -1.34. The molecule has 0 radical (unpaired) electrons. The van der Waals surface area contributed by atoms with Gasteiger partial charge in [-0.05, 0) is 0 Å². The zero-order chi connectivity index (χ0) is 26.4. The third-order valence-corrected chi connectivity index (χ3v) is 3.56. The molecule has 194 valence electrons. The molecule has 0 unspecified atom stereocenters. The molecule has 0 aliphatic rings. The van der Waals surface area contributed by atoms with Gasteiger partial charge >= 0.3 is 48.3 Å². The average Bonchev–Trinajstić information content (AvgIpc) is 2.38. The Labute approximate surface area is 164 Å². The Morgan fingerprint density at radius 1 is 0.406 bits per heavy atom. The molecule has 0 amide bonds. The van der Waals surface area contributed by atoms with Crippen LogP contribution in [0.1, 0.15) is 6.92 Å². The minimum absolute atomic E-state index is 0.0712. The van der Waals surface area contributed by atoms with Crippen LogP contribution in [0.25, 0.3) is 0 Å². The molecule has 0 spiro atoms. The zero-order valence-electron chi connectivity index (χ0n) is 14.6. The van der Waals surface area contributed by atoms with Crippen LogP contribution in [0.2, 0.25) is 0 Å². The topological polar surface area (TPSA) is 18.5 Å². The van der Waals surface area contributed by atoms with Gasteiger partial charge in [0.25, 0.3) is 0 Å². The molecule has 32 heavy (non-hydrogen) atoms. The normalized spacial score (nSPS) is 16.1. The van der Waals surface area contributed by atoms with Crippen molar-refractivity contribution in [2.24, 2.45) is 5.92 Å². The Morgan fingerprint density at radius 3 is 0.688 bits per heavy atom. The average molecular weight is 526 g/mol. The van der Waals surface area contributed by atoms with Crippen molar-refractivity contribution in [3.63, 3.8) is 0 Å². The van der Waals surface area contributed by atoms with Crippen molar-refractivity contribution >= 4 is 0 Å². The van der Waals surface area contributed by atoms with Gasteiger partial charge in [-0.2, -0.15) is 79.0 Å². The van der Waals surface area contributed by atoms with Crippen molar-refractivity contribution in [1.29, 1.82) is 0 Å². The number of rotatable bonds is 6. The maximum Gasteiger partial charge on any atom is 0.435 e. The maximum absolute atomic E-state index is 12.6. The van der Waals surface area contributed by atoms with Crippen molar-refractivity contribution < 1.29 is 88.5 Å². The van der Waals surface area contributed by atoms with Gasteiger partial charge in [-0.3, -0.25) is 0 Å². The van der Waals surface area contributed by atoms with Gasteiger partial charge in [0.15, 0.2) is 0 Å². The highest BCUT2D eigenvalue weighted by Crippen LogP contribution is 2.56. The minimum Gasteiger partial charge on any atom is -0.351 e. The third-order valence-electron chi connectivity index (χ3n) is 3.56. The first-order chi connectivity index (χ1) is 13.6. The second kappa shape index (κ2) is 8.46. The highest BCUT2D eigenvalue weighted by atomic mass is 19.4. The van der Waals surface area contributed by atoms with E-state index in [0.29, 0.717) is 0 Å². The fraction of sp³-hybridized carbons (Fsp3) is 1.00. The van der Waals surface area contributed by atoms with Gasteiger partial charge in [0.2, 0.25) is 0 Å². The molecule has 0 heterocycles. The summed E-state index contributed by atoms with van der Waals surface area (Å²) >= 11 is 0. The summed E-state index contributed by atoms with van der Waals surface area (Å²) in [5.41, 5.74) is -13.9. The first kappa shape index (κ1) is 30.7. The lowest BCUT2D eigenvalue weighted by Gasteiger charge is -2.40. The maximum atomic E-state index is 12.6. The van der Waals surface area contributed by atoms with Crippen LogP contribution in [0.3, 0.4) is 0 Å². The molecule has 0 fully saturated rings. The van der Waals surface area contributed by atoms with E-state index in [2.05, 4.69) is 9.47 Å². The van der Waals surface area contributed by atoms with E-state index in [9.17, 15) is 79.0 Å². The summed E-state index contributed by atoms with van der Waals surface area (Å²) in [6.45, 7) is -5.06. The standard InChI is InChI=1S/C12H8F18O2/c1-4(2-31-5(7(13,14)15,8(16,17)18)9(19,20)21)3-32-6(10(22,23)24,11(25,26)27)12(28,29)30/h4H,2-3H2,1H3. The van der Waals surface area contributed by atoms with Crippen LogP contribution in [-0.2, 0) is 9.47 Å². The van der Waals surface area contributed by atoms with Crippen molar-refractivity contribution in [3.05, 3.63) is 0 Å². The van der Waals surface area contributed by atoms with Crippen LogP contribution in [0.4, 0.5) is 79.0 Å². The molecule has 0 aliphatic carbocycles. The van der Waals surface area contributed by atoms with Crippen LogP contribution >= 0.6 is 0 Å². The summed E-state index contributed by atoms with van der Waals surface area (Å²) in [6.07, 6.45) is -43.8. The molecule has 0 bridgehead atoms. The molecular formula is C12H8F18O2. The Morgan fingerprint density at radius 2 is 0.562 bits per heavy atom. The van der Waals surface area contributed by atoms with Crippen LogP contribution in [0.5, 0.6) is 0 Å². The first-order valence-corrected chi connectivity index (χ1v) is 7.28. The molecule has 0 N–H and O–H groups in total. The van der Waals surface area contributed by atoms with Crippen LogP contribution in [0, 0.1) is 5.92 Å². The molecule has 0 rings (SSSR count). The number of hydrogen-bond donors (Lipinski definition) is 0. The number of ether oxygens (including phenoxy) is 2. The van der Waals surface area contributed by atoms with E-state index in [1.807, 2.05) is 0 Å². The quantitative estimate of drug-likeness (QED) is 0.368. The fourth-order valence-electron chi connectivity index (χ4n) is 2.04. The summed E-state index contributed by atoms with van der Waals surface area (Å²) in [7, 11) is 0. The van der Waals surface area contributed by atoms with Gasteiger partial charge in [-0.15, -0.1) is 0 Å². The van der Waals surface area contributed by atoms with Crippen LogP contribution < -0.4 is 0 Å². The van der Waals surface area contributed by atoms with Gasteiger partial charge in [0.1, 0.15) is 0 Å². The lowest BCUT2D eigenvalue weighted by atomic mass is 10.0. The van der Waals surface area contributed by atoms with E-state index in [1.165, 1.54) is 0 Å². The molecule has 0 atom stereocenters. The molecule has 0 saturated heterocycles. The highest BCUT2D eigenvalue weighted by molar-refractivity contribution is 5.03. The molecular weight excluding hydrogens is 518 g/mol. The first-order valence-electron chi connectivity index (χ1n) is 7.28. The Balaban J connectivity index is 6.01. The largest absolute Gasteiger partial charge is 0.435 e. The lowest BCUT2D eigenvalue weighted by Crippen LogP contribution is -2.68. The monoisotopic (exact) mass is 526 g/mol. The second-order valence-electron chi connectivity index (χ2n) is 6.08. The smallest absolute Gasteiger partial charge is 0.351 e. The molecule has 0 aliphatic heterocycles. The minimum atomic E-state index is -7.29. The Kier molecular flexibility index (Phi) is 8.11. The van der Waals surface area contributed by atoms with E-state index >= 15 is 0 Å². The van der Waals surface area contributed by atoms with Gasteiger partial charge in [-0.25, -0.2) is 0 Å². The predicted octanol–water partition coefficient (Wildman–Crippen LogP) is 6.51. The number of alkyl halides is 18. The summed E-state index contributed by atoms with van der Waals surface area (Å²) in [6, 6.07) is 0. The van der Waals surface area contributed by atoms with Crippen LogP contribution in [-0.4, -0.2) is 61.5 Å². The van der Waals surface area contributed by atoms with E-state index < -0.39 is 67.4 Å². The summed E-state index contributed by atoms with van der Waals surface area (Å²) in [4.78, 5) is 0. The van der Waals surface area contributed by atoms with E-state index in [-0.39, 0.29) is 6.92 Å². The molecule has 0 aromatic carbocycles. The van der Waals surface area contributed by atoms with E-state index in [0.717, 1.165) is 0 Å².